The van der Waals surface area contributed by atoms with Gasteiger partial charge in [0.15, 0.2) is 0 Å². The summed E-state index contributed by atoms with van der Waals surface area (Å²) in [6.07, 6.45) is 3.65. The molecule has 0 aromatic heterocycles. The molecule has 4 aromatic carbocycles. The van der Waals surface area contributed by atoms with Crippen LogP contribution >= 0.6 is 0 Å². The van der Waals surface area contributed by atoms with E-state index in [1.807, 2.05) is 0 Å². The Morgan fingerprint density at radius 3 is 1.05 bits per heavy atom. The molecule has 0 spiro atoms. The second-order valence-electron chi connectivity index (χ2n) is 13.3. The minimum atomic E-state index is 0.0727. The predicted molar refractivity (Wildman–Crippen MR) is 167 cm³/mol. The number of rotatable bonds is 6. The number of ether oxygens (including phenoxy) is 2. The fourth-order valence-electron chi connectivity index (χ4n) is 5.49. The molecule has 208 valence electrons. The van der Waals surface area contributed by atoms with Gasteiger partial charge in [0.2, 0.25) is 0 Å². The van der Waals surface area contributed by atoms with Crippen LogP contribution in [0.5, 0.6) is 11.5 Å². The summed E-state index contributed by atoms with van der Waals surface area (Å²) in [6, 6.07) is 30.6. The first-order valence-corrected chi connectivity index (χ1v) is 14.7. The van der Waals surface area contributed by atoms with Gasteiger partial charge in [0.1, 0.15) is 24.7 Å². The van der Waals surface area contributed by atoms with E-state index < -0.39 is 0 Å². The minimum absolute atomic E-state index is 0.0727. The van der Waals surface area contributed by atoms with E-state index in [0.717, 1.165) is 37.2 Å². The van der Waals surface area contributed by atoms with Gasteiger partial charge in [-0.2, -0.15) is 0 Å². The van der Waals surface area contributed by atoms with E-state index in [4.69, 9.17) is 9.47 Å². The Kier molecular flexibility index (Phi) is 8.08. The van der Waals surface area contributed by atoms with Crippen LogP contribution < -0.4 is 9.47 Å². The Bertz CT molecular complexity index is 1270. The summed E-state index contributed by atoms with van der Waals surface area (Å²) in [7, 11) is 0. The molecule has 0 aliphatic heterocycles. The van der Waals surface area contributed by atoms with E-state index in [1.165, 1.54) is 44.5 Å². The van der Waals surface area contributed by atoms with E-state index in [9.17, 15) is 0 Å². The topological polar surface area (TPSA) is 18.5 Å². The number of aryl methyl sites for hydroxylation is 4. The molecule has 0 heterocycles. The minimum Gasteiger partial charge on any atom is -0.488 e. The van der Waals surface area contributed by atoms with Crippen molar-refractivity contribution in [3.63, 3.8) is 0 Å². The first kappa shape index (κ1) is 28.0. The fraction of sp³-hybridized carbons (Fsp3) is 0.368. The molecule has 1 aliphatic rings. The maximum absolute atomic E-state index is 6.64. The van der Waals surface area contributed by atoms with Crippen molar-refractivity contribution in [1.29, 1.82) is 0 Å². The summed E-state index contributed by atoms with van der Waals surface area (Å²) in [5.41, 5.74) is 10.5. The lowest BCUT2D eigenvalue weighted by Gasteiger charge is -2.28. The van der Waals surface area contributed by atoms with Crippen molar-refractivity contribution >= 4 is 0 Å². The Labute approximate surface area is 241 Å². The normalized spacial score (nSPS) is 13.6. The number of fused-ring (bicyclic) bond motifs is 4. The SMILES string of the molecule is CC(C)(C)c1cc2c(OCc3ccccc3)c(c1)CCc1cc(C(C)(C)C)cc(c1OCc1ccccc1)CC2. The maximum Gasteiger partial charge on any atom is 0.126 e. The van der Waals surface area contributed by atoms with Gasteiger partial charge in [-0.25, -0.2) is 0 Å². The molecular weight excluding hydrogens is 488 g/mol. The van der Waals surface area contributed by atoms with Crippen molar-refractivity contribution < 1.29 is 9.47 Å². The van der Waals surface area contributed by atoms with Crippen LogP contribution in [0.25, 0.3) is 0 Å². The largest absolute Gasteiger partial charge is 0.488 e. The highest BCUT2D eigenvalue weighted by molar-refractivity contribution is 5.52. The van der Waals surface area contributed by atoms with Crippen LogP contribution in [-0.2, 0) is 49.7 Å². The summed E-state index contributed by atoms with van der Waals surface area (Å²) < 4.78 is 13.3. The van der Waals surface area contributed by atoms with Gasteiger partial charge >= 0.3 is 0 Å². The molecule has 4 aromatic rings. The highest BCUT2D eigenvalue weighted by Crippen LogP contribution is 2.39. The molecule has 40 heavy (non-hydrogen) atoms. The zero-order chi connectivity index (χ0) is 28.3. The molecule has 4 bridgehead atoms. The van der Waals surface area contributed by atoms with Crippen molar-refractivity contribution in [2.45, 2.75) is 91.3 Å². The summed E-state index contributed by atoms with van der Waals surface area (Å²) in [5, 5.41) is 0. The van der Waals surface area contributed by atoms with Crippen molar-refractivity contribution in [3.8, 4) is 11.5 Å². The summed E-state index contributed by atoms with van der Waals surface area (Å²) in [4.78, 5) is 0. The number of hydrogen-bond donors (Lipinski definition) is 0. The molecule has 0 atom stereocenters. The van der Waals surface area contributed by atoms with Crippen LogP contribution in [0.2, 0.25) is 0 Å². The Hall–Kier alpha value is -3.52. The third kappa shape index (κ3) is 6.61. The smallest absolute Gasteiger partial charge is 0.126 e. The lowest BCUT2D eigenvalue weighted by Crippen LogP contribution is -2.17. The lowest BCUT2D eigenvalue weighted by molar-refractivity contribution is 0.294. The molecule has 5 rings (SSSR count). The maximum atomic E-state index is 6.64. The van der Waals surface area contributed by atoms with Gasteiger partial charge in [-0.05, 0) is 81.0 Å². The lowest BCUT2D eigenvalue weighted by atomic mass is 9.80. The van der Waals surface area contributed by atoms with Crippen molar-refractivity contribution in [2.24, 2.45) is 0 Å². The second kappa shape index (κ2) is 11.5. The standard InChI is InChI=1S/C38H44O2/c1-37(2,3)33-21-29-17-19-31-23-34(38(4,5)6)24-32(36(31)40-26-28-15-11-8-12-16-28)20-18-30(22-33)35(29)39-25-27-13-9-7-10-14-27/h7-16,21-24H,17-20,25-26H2,1-6H3. The van der Waals surface area contributed by atoms with E-state index in [1.54, 1.807) is 0 Å². The molecule has 0 N–H and O–H groups in total. The summed E-state index contributed by atoms with van der Waals surface area (Å²) in [5.74, 6) is 2.15. The fourth-order valence-corrected chi connectivity index (χ4v) is 5.49. The molecule has 0 fully saturated rings. The molecular formula is C38H44O2. The van der Waals surface area contributed by atoms with Gasteiger partial charge in [0, 0.05) is 0 Å². The van der Waals surface area contributed by atoms with Crippen LogP contribution in [0.4, 0.5) is 0 Å². The van der Waals surface area contributed by atoms with Crippen LogP contribution in [0.15, 0.2) is 84.9 Å². The van der Waals surface area contributed by atoms with Gasteiger partial charge in [-0.1, -0.05) is 126 Å². The van der Waals surface area contributed by atoms with E-state index in [2.05, 4.69) is 126 Å². The quantitative estimate of drug-likeness (QED) is 0.246. The molecule has 0 unspecified atom stereocenters. The van der Waals surface area contributed by atoms with Gasteiger partial charge in [-0.15, -0.1) is 0 Å². The van der Waals surface area contributed by atoms with Gasteiger partial charge < -0.3 is 9.47 Å². The predicted octanol–water partition coefficient (Wildman–Crippen LogP) is 9.32. The molecule has 0 saturated heterocycles. The number of hydrogen-bond acceptors (Lipinski definition) is 2. The van der Waals surface area contributed by atoms with Crippen molar-refractivity contribution in [3.05, 3.63) is 129 Å². The van der Waals surface area contributed by atoms with E-state index in [-0.39, 0.29) is 10.8 Å². The first-order chi connectivity index (χ1) is 19.1. The zero-order valence-corrected chi connectivity index (χ0v) is 25.1. The average molecular weight is 533 g/mol. The Morgan fingerprint density at radius 2 is 0.775 bits per heavy atom. The molecule has 0 radical (unpaired) electrons. The van der Waals surface area contributed by atoms with Crippen LogP contribution in [0.3, 0.4) is 0 Å². The van der Waals surface area contributed by atoms with Gasteiger partial charge in [0.05, 0.1) is 0 Å². The van der Waals surface area contributed by atoms with Crippen LogP contribution in [0.1, 0.15) is 86.1 Å². The van der Waals surface area contributed by atoms with Crippen LogP contribution in [0, 0.1) is 0 Å². The molecule has 1 aliphatic carbocycles. The zero-order valence-electron chi connectivity index (χ0n) is 25.1. The van der Waals surface area contributed by atoms with Crippen molar-refractivity contribution in [2.75, 3.05) is 0 Å². The van der Waals surface area contributed by atoms with Gasteiger partial charge in [-0.3, -0.25) is 0 Å². The third-order valence-electron chi connectivity index (χ3n) is 8.00. The Morgan fingerprint density at radius 1 is 0.475 bits per heavy atom. The van der Waals surface area contributed by atoms with Gasteiger partial charge in [0.25, 0.3) is 0 Å². The summed E-state index contributed by atoms with van der Waals surface area (Å²) >= 11 is 0. The number of benzene rings is 4. The first-order valence-electron chi connectivity index (χ1n) is 14.7. The molecule has 2 heteroatoms. The molecule has 0 saturated carbocycles. The second-order valence-corrected chi connectivity index (χ2v) is 13.3. The summed E-state index contributed by atoms with van der Waals surface area (Å²) in [6.45, 7) is 15.0. The molecule has 0 amide bonds. The van der Waals surface area contributed by atoms with E-state index >= 15 is 0 Å². The average Bonchev–Trinajstić information content (AvgIpc) is 2.92. The monoisotopic (exact) mass is 532 g/mol. The van der Waals surface area contributed by atoms with E-state index in [0.29, 0.717) is 13.2 Å². The van der Waals surface area contributed by atoms with Crippen molar-refractivity contribution in [1.82, 2.24) is 0 Å². The Balaban J connectivity index is 1.55. The van der Waals surface area contributed by atoms with Crippen LogP contribution in [-0.4, -0.2) is 0 Å². The highest BCUT2D eigenvalue weighted by atomic mass is 16.5. The molecule has 2 nitrogen and oxygen atoms in total. The highest BCUT2D eigenvalue weighted by Gasteiger charge is 2.25. The third-order valence-corrected chi connectivity index (χ3v) is 8.00.